The number of carbonyl (C=O) groups is 1. The number of methoxy groups -OCH3 is 1. The molecule has 2 rings (SSSR count). The van der Waals surface area contributed by atoms with E-state index < -0.39 is 5.82 Å². The number of hydrogen-bond donors (Lipinski definition) is 0. The predicted molar refractivity (Wildman–Crippen MR) is 68.4 cm³/mol. The number of rotatable bonds is 3. The van der Waals surface area contributed by atoms with Gasteiger partial charge in [0, 0.05) is 4.47 Å². The van der Waals surface area contributed by atoms with E-state index in [2.05, 4.69) is 15.9 Å². The highest BCUT2D eigenvalue weighted by Crippen LogP contribution is 2.28. The second-order valence-corrected chi connectivity index (χ2v) is 5.10. The van der Waals surface area contributed by atoms with Crippen LogP contribution in [0.25, 0.3) is 0 Å². The number of ether oxygens (including phenoxy) is 1. The summed E-state index contributed by atoms with van der Waals surface area (Å²) < 4.78 is 19.3. The molecule has 2 nitrogen and oxygen atoms in total. The molecule has 0 amide bonds. The van der Waals surface area contributed by atoms with E-state index in [4.69, 9.17) is 4.74 Å². The van der Waals surface area contributed by atoms with Gasteiger partial charge in [0.15, 0.2) is 0 Å². The maximum atomic E-state index is 13.6. The number of halogens is 2. The van der Waals surface area contributed by atoms with Gasteiger partial charge in [-0.1, -0.05) is 15.9 Å². The summed E-state index contributed by atoms with van der Waals surface area (Å²) in [5.74, 6) is -0.427. The summed E-state index contributed by atoms with van der Waals surface area (Å²) in [5.41, 5.74) is 0.0500. The molecular formula is C12H8BrFO2S. The van der Waals surface area contributed by atoms with Crippen molar-refractivity contribution in [2.24, 2.45) is 0 Å². The Kier molecular flexibility index (Phi) is 3.59. The van der Waals surface area contributed by atoms with Gasteiger partial charge in [-0.05, 0) is 29.6 Å². The Morgan fingerprint density at radius 2 is 2.18 bits per heavy atom. The minimum Gasteiger partial charge on any atom is -0.495 e. The molecule has 0 atom stereocenters. The van der Waals surface area contributed by atoms with Gasteiger partial charge in [-0.25, -0.2) is 4.39 Å². The Balaban J connectivity index is 2.44. The first-order chi connectivity index (χ1) is 8.13. The van der Waals surface area contributed by atoms with Gasteiger partial charge < -0.3 is 4.74 Å². The van der Waals surface area contributed by atoms with E-state index in [-0.39, 0.29) is 11.3 Å². The molecule has 0 fully saturated rings. The first-order valence-electron chi connectivity index (χ1n) is 4.74. The van der Waals surface area contributed by atoms with Crippen LogP contribution in [0, 0.1) is 5.82 Å². The zero-order valence-electron chi connectivity index (χ0n) is 8.87. The molecule has 0 spiro atoms. The van der Waals surface area contributed by atoms with Crippen LogP contribution in [0.2, 0.25) is 0 Å². The van der Waals surface area contributed by atoms with Crippen molar-refractivity contribution in [3.05, 3.63) is 50.4 Å². The number of hydrogen-bond acceptors (Lipinski definition) is 3. The van der Waals surface area contributed by atoms with E-state index in [1.807, 2.05) is 0 Å². The van der Waals surface area contributed by atoms with Gasteiger partial charge in [-0.3, -0.25) is 4.79 Å². The van der Waals surface area contributed by atoms with E-state index >= 15 is 0 Å². The summed E-state index contributed by atoms with van der Waals surface area (Å²) in [5, 5.41) is 1.74. The highest BCUT2D eigenvalue weighted by atomic mass is 79.9. The first-order valence-corrected chi connectivity index (χ1v) is 6.42. The molecule has 5 heteroatoms. The molecule has 0 saturated heterocycles. The minimum absolute atomic E-state index is 0.0500. The molecule has 0 radical (unpaired) electrons. The fourth-order valence-corrected chi connectivity index (χ4v) is 2.57. The molecule has 0 N–H and O–H groups in total. The van der Waals surface area contributed by atoms with Gasteiger partial charge in [0.05, 0.1) is 12.7 Å². The zero-order chi connectivity index (χ0) is 12.4. The highest BCUT2D eigenvalue weighted by molar-refractivity contribution is 9.10. The fourth-order valence-electron chi connectivity index (χ4n) is 1.42. The topological polar surface area (TPSA) is 26.3 Å². The van der Waals surface area contributed by atoms with Crippen LogP contribution in [-0.4, -0.2) is 12.9 Å². The van der Waals surface area contributed by atoms with Gasteiger partial charge >= 0.3 is 0 Å². The van der Waals surface area contributed by atoms with E-state index in [0.29, 0.717) is 15.1 Å². The van der Waals surface area contributed by atoms with E-state index in [1.165, 1.54) is 30.6 Å². The van der Waals surface area contributed by atoms with Crippen molar-refractivity contribution in [2.45, 2.75) is 0 Å². The number of carbonyl (C=O) groups excluding carboxylic acids is 1. The summed E-state index contributed by atoms with van der Waals surface area (Å²) in [6.07, 6.45) is 0. The maximum Gasteiger partial charge on any atom is 0.209 e. The van der Waals surface area contributed by atoms with Crippen LogP contribution in [0.1, 0.15) is 15.2 Å². The van der Waals surface area contributed by atoms with Crippen molar-refractivity contribution in [1.29, 1.82) is 0 Å². The number of benzene rings is 1. The molecule has 1 aromatic carbocycles. The molecule has 1 aromatic heterocycles. The molecule has 0 aliphatic carbocycles. The lowest BCUT2D eigenvalue weighted by molar-refractivity contribution is 0.103. The van der Waals surface area contributed by atoms with Gasteiger partial charge in [-0.2, -0.15) is 0 Å². The largest absolute Gasteiger partial charge is 0.495 e. The molecule has 1 heterocycles. The van der Waals surface area contributed by atoms with Crippen molar-refractivity contribution < 1.29 is 13.9 Å². The van der Waals surface area contributed by atoms with Crippen molar-refractivity contribution in [1.82, 2.24) is 0 Å². The van der Waals surface area contributed by atoms with Gasteiger partial charge in [0.1, 0.15) is 16.4 Å². The Bertz CT molecular complexity index is 565. The third-order valence-electron chi connectivity index (χ3n) is 2.23. The minimum atomic E-state index is -0.542. The summed E-state index contributed by atoms with van der Waals surface area (Å²) in [6.45, 7) is 0. The molecule has 88 valence electrons. The van der Waals surface area contributed by atoms with E-state index in [1.54, 1.807) is 17.5 Å². The van der Waals surface area contributed by atoms with E-state index in [0.717, 1.165) is 0 Å². The molecule has 0 bridgehead atoms. The van der Waals surface area contributed by atoms with Crippen molar-refractivity contribution in [3.63, 3.8) is 0 Å². The molecule has 17 heavy (non-hydrogen) atoms. The Hall–Kier alpha value is -1.20. The Morgan fingerprint density at radius 3 is 2.82 bits per heavy atom. The van der Waals surface area contributed by atoms with Crippen LogP contribution in [0.3, 0.4) is 0 Å². The highest BCUT2D eigenvalue weighted by Gasteiger charge is 2.19. The van der Waals surface area contributed by atoms with Crippen LogP contribution < -0.4 is 4.74 Å². The van der Waals surface area contributed by atoms with E-state index in [9.17, 15) is 9.18 Å². The molecule has 0 aliphatic heterocycles. The zero-order valence-corrected chi connectivity index (χ0v) is 11.3. The van der Waals surface area contributed by atoms with Crippen LogP contribution in [-0.2, 0) is 0 Å². The summed E-state index contributed by atoms with van der Waals surface area (Å²) >= 11 is 4.39. The fraction of sp³-hybridized carbons (Fsp3) is 0.0833. The summed E-state index contributed by atoms with van der Waals surface area (Å²) in [6, 6.07) is 6.05. The molecular weight excluding hydrogens is 307 g/mol. The average molecular weight is 315 g/mol. The lowest BCUT2D eigenvalue weighted by atomic mass is 10.1. The Morgan fingerprint density at radius 1 is 1.41 bits per heavy atom. The molecule has 0 unspecified atom stereocenters. The molecule has 2 aromatic rings. The van der Waals surface area contributed by atoms with Gasteiger partial charge in [-0.15, -0.1) is 11.3 Å². The standard InChI is InChI=1S/C12H8BrFO2S/c1-16-10-4-5-17-12(10)11(15)8-3-2-7(13)6-9(8)14/h2-6H,1H3. The lowest BCUT2D eigenvalue weighted by Gasteiger charge is -2.03. The van der Waals surface area contributed by atoms with Gasteiger partial charge in [0.25, 0.3) is 0 Å². The number of ketones is 1. The quantitative estimate of drug-likeness (QED) is 0.803. The number of thiophene rings is 1. The van der Waals surface area contributed by atoms with Crippen LogP contribution in [0.15, 0.2) is 34.1 Å². The average Bonchev–Trinajstić information content (AvgIpc) is 2.76. The molecule has 0 saturated carbocycles. The van der Waals surface area contributed by atoms with Crippen molar-refractivity contribution >= 4 is 33.0 Å². The smallest absolute Gasteiger partial charge is 0.209 e. The monoisotopic (exact) mass is 314 g/mol. The van der Waals surface area contributed by atoms with Crippen LogP contribution >= 0.6 is 27.3 Å². The Labute approximate surface area is 110 Å². The SMILES string of the molecule is COc1ccsc1C(=O)c1ccc(Br)cc1F. The van der Waals surface area contributed by atoms with Crippen LogP contribution in [0.4, 0.5) is 4.39 Å². The normalized spacial score (nSPS) is 10.3. The summed E-state index contributed by atoms with van der Waals surface area (Å²) in [4.78, 5) is 12.5. The lowest BCUT2D eigenvalue weighted by Crippen LogP contribution is -2.03. The summed E-state index contributed by atoms with van der Waals surface area (Å²) in [7, 11) is 1.48. The maximum absolute atomic E-state index is 13.6. The van der Waals surface area contributed by atoms with Crippen LogP contribution in [0.5, 0.6) is 5.75 Å². The third-order valence-corrected chi connectivity index (χ3v) is 3.62. The third kappa shape index (κ3) is 2.40. The van der Waals surface area contributed by atoms with Crippen molar-refractivity contribution in [2.75, 3.05) is 7.11 Å². The predicted octanol–water partition coefficient (Wildman–Crippen LogP) is 3.89. The molecule has 0 aliphatic rings. The van der Waals surface area contributed by atoms with Crippen molar-refractivity contribution in [3.8, 4) is 5.75 Å². The second-order valence-electron chi connectivity index (χ2n) is 3.27. The second kappa shape index (κ2) is 4.98. The first kappa shape index (κ1) is 12.3. The van der Waals surface area contributed by atoms with Gasteiger partial charge in [0.2, 0.25) is 5.78 Å².